The number of carbonyl (C=O) groups is 1. The fourth-order valence-electron chi connectivity index (χ4n) is 2.10. The summed E-state index contributed by atoms with van der Waals surface area (Å²) in [6, 6.07) is 0. The zero-order chi connectivity index (χ0) is 13.8. The predicted molar refractivity (Wildman–Crippen MR) is 82.8 cm³/mol. The molecule has 0 saturated carbocycles. The summed E-state index contributed by atoms with van der Waals surface area (Å²) in [4.78, 5) is 16.1. The number of nitrogens with two attached hydrogens (primary N) is 1. The Bertz CT molecular complexity index is 404. The Labute approximate surface area is 125 Å². The molecule has 1 aromatic rings. The highest BCUT2D eigenvalue weighted by Crippen LogP contribution is 2.24. The van der Waals surface area contributed by atoms with E-state index in [1.54, 1.807) is 5.38 Å². The third-order valence-corrected chi connectivity index (χ3v) is 3.52. The Morgan fingerprint density at radius 2 is 2.16 bits per heavy atom. The molecule has 19 heavy (non-hydrogen) atoms. The van der Waals surface area contributed by atoms with Gasteiger partial charge in [-0.25, -0.2) is 4.98 Å². The summed E-state index contributed by atoms with van der Waals surface area (Å²) >= 11 is 1.42. The Morgan fingerprint density at radius 3 is 2.63 bits per heavy atom. The summed E-state index contributed by atoms with van der Waals surface area (Å²) < 4.78 is 0. The predicted octanol–water partition coefficient (Wildman–Crippen LogP) is 2.83. The molecule has 0 unspecified atom stereocenters. The van der Waals surface area contributed by atoms with E-state index in [1.807, 2.05) is 0 Å². The van der Waals surface area contributed by atoms with Gasteiger partial charge in [-0.05, 0) is 17.8 Å². The smallest absolute Gasteiger partial charge is 0.270 e. The highest BCUT2D eigenvalue weighted by Gasteiger charge is 2.21. The zero-order valence-electron chi connectivity index (χ0n) is 12.0. The number of rotatable bonds is 6. The molecule has 0 radical (unpaired) electrons. The van der Waals surface area contributed by atoms with E-state index in [4.69, 9.17) is 5.73 Å². The fourth-order valence-corrected chi connectivity index (χ4v) is 2.75. The lowest BCUT2D eigenvalue weighted by Crippen LogP contribution is -2.35. The summed E-state index contributed by atoms with van der Waals surface area (Å²) in [7, 11) is 0. The molecule has 1 rings (SSSR count). The van der Waals surface area contributed by atoms with Crippen LogP contribution in [0, 0.1) is 11.3 Å². The molecule has 3 N–H and O–H groups in total. The van der Waals surface area contributed by atoms with Crippen molar-refractivity contribution >= 4 is 29.7 Å². The average molecular weight is 306 g/mol. The number of hydrogen-bond acceptors (Lipinski definition) is 4. The van der Waals surface area contributed by atoms with Gasteiger partial charge in [0.15, 0.2) is 0 Å². The van der Waals surface area contributed by atoms with Crippen molar-refractivity contribution < 1.29 is 4.79 Å². The maximum atomic E-state index is 11.9. The molecule has 0 spiro atoms. The second kappa shape index (κ2) is 7.82. The molecule has 0 bridgehead atoms. The first-order chi connectivity index (χ1) is 8.34. The summed E-state index contributed by atoms with van der Waals surface area (Å²) in [5.41, 5.74) is 6.06. The number of carbonyl (C=O) groups excluding carboxylic acids is 1. The maximum Gasteiger partial charge on any atom is 0.270 e. The first-order valence-corrected chi connectivity index (χ1v) is 7.14. The van der Waals surface area contributed by atoms with Gasteiger partial charge in [0.25, 0.3) is 5.91 Å². The van der Waals surface area contributed by atoms with Crippen LogP contribution in [-0.4, -0.2) is 17.4 Å². The second-order valence-electron chi connectivity index (χ2n) is 5.78. The van der Waals surface area contributed by atoms with E-state index in [0.29, 0.717) is 24.7 Å². The highest BCUT2D eigenvalue weighted by molar-refractivity contribution is 7.09. The molecule has 0 saturated heterocycles. The molecular formula is C13H24ClN3OS. The van der Waals surface area contributed by atoms with Gasteiger partial charge in [0.1, 0.15) is 10.7 Å². The van der Waals surface area contributed by atoms with Crippen LogP contribution in [0.25, 0.3) is 0 Å². The molecular weight excluding hydrogens is 282 g/mol. The number of thiazole rings is 1. The number of nitrogens with one attached hydrogen (secondary N) is 1. The lowest BCUT2D eigenvalue weighted by molar-refractivity contribution is 0.0927. The van der Waals surface area contributed by atoms with Crippen LogP contribution in [0.1, 0.15) is 49.6 Å². The van der Waals surface area contributed by atoms with E-state index in [1.165, 1.54) is 11.3 Å². The van der Waals surface area contributed by atoms with E-state index in [2.05, 4.69) is 38.0 Å². The summed E-state index contributed by atoms with van der Waals surface area (Å²) in [6.07, 6.45) is 1.08. The fraction of sp³-hybridized carbons (Fsp3) is 0.692. The van der Waals surface area contributed by atoms with Gasteiger partial charge < -0.3 is 11.1 Å². The Balaban J connectivity index is 0.00000324. The zero-order valence-corrected chi connectivity index (χ0v) is 13.7. The highest BCUT2D eigenvalue weighted by atomic mass is 35.5. The standard InChI is InChI=1S/C13H23N3OS.ClH/c1-9(2)5-13(3,4)8-15-12(17)10-7-18-11(6-14)16-10;/h7,9H,5-6,8,14H2,1-4H3,(H,15,17);1H. The number of halogens is 1. The molecule has 1 aromatic heterocycles. The summed E-state index contributed by atoms with van der Waals surface area (Å²) in [5, 5.41) is 5.50. The van der Waals surface area contributed by atoms with E-state index < -0.39 is 0 Å². The van der Waals surface area contributed by atoms with Gasteiger partial charge >= 0.3 is 0 Å². The van der Waals surface area contributed by atoms with Gasteiger partial charge in [0.2, 0.25) is 0 Å². The van der Waals surface area contributed by atoms with Crippen LogP contribution in [0.15, 0.2) is 5.38 Å². The molecule has 0 aliphatic rings. The third-order valence-electron chi connectivity index (χ3n) is 2.65. The molecule has 0 fully saturated rings. The van der Waals surface area contributed by atoms with E-state index in [-0.39, 0.29) is 23.7 Å². The second-order valence-corrected chi connectivity index (χ2v) is 6.72. The normalized spacial score (nSPS) is 11.3. The van der Waals surface area contributed by atoms with E-state index in [0.717, 1.165) is 11.4 Å². The molecule has 6 heteroatoms. The number of amides is 1. The monoisotopic (exact) mass is 305 g/mol. The maximum absolute atomic E-state index is 11.9. The number of aromatic nitrogens is 1. The van der Waals surface area contributed by atoms with Crippen molar-refractivity contribution in [2.45, 2.75) is 40.7 Å². The van der Waals surface area contributed by atoms with Crippen LogP contribution >= 0.6 is 23.7 Å². The van der Waals surface area contributed by atoms with Crippen LogP contribution in [0.5, 0.6) is 0 Å². The van der Waals surface area contributed by atoms with Crippen molar-refractivity contribution in [1.29, 1.82) is 0 Å². The third kappa shape index (κ3) is 6.36. The molecule has 0 aliphatic heterocycles. The van der Waals surface area contributed by atoms with Gasteiger partial charge in [0, 0.05) is 18.5 Å². The lowest BCUT2D eigenvalue weighted by Gasteiger charge is -2.26. The SMILES string of the molecule is CC(C)CC(C)(C)CNC(=O)c1csc(CN)n1.Cl. The van der Waals surface area contributed by atoms with Gasteiger partial charge in [-0.3, -0.25) is 4.79 Å². The molecule has 0 aromatic carbocycles. The van der Waals surface area contributed by atoms with Crippen LogP contribution in [0.2, 0.25) is 0 Å². The molecule has 0 atom stereocenters. The first kappa shape index (κ1) is 18.4. The molecule has 1 amide bonds. The van der Waals surface area contributed by atoms with E-state index >= 15 is 0 Å². The molecule has 0 aliphatic carbocycles. The van der Waals surface area contributed by atoms with Crippen LogP contribution < -0.4 is 11.1 Å². The lowest BCUT2D eigenvalue weighted by atomic mass is 9.84. The van der Waals surface area contributed by atoms with Gasteiger partial charge in [-0.1, -0.05) is 27.7 Å². The van der Waals surface area contributed by atoms with Gasteiger partial charge in [-0.2, -0.15) is 0 Å². The van der Waals surface area contributed by atoms with Crippen molar-refractivity contribution in [2.24, 2.45) is 17.1 Å². The van der Waals surface area contributed by atoms with Crippen molar-refractivity contribution in [3.63, 3.8) is 0 Å². The molecule has 110 valence electrons. The number of hydrogen-bond donors (Lipinski definition) is 2. The van der Waals surface area contributed by atoms with Crippen LogP contribution in [0.3, 0.4) is 0 Å². The minimum absolute atomic E-state index is 0. The topological polar surface area (TPSA) is 68.0 Å². The van der Waals surface area contributed by atoms with Crippen molar-refractivity contribution in [2.75, 3.05) is 6.54 Å². The van der Waals surface area contributed by atoms with Crippen LogP contribution in [-0.2, 0) is 6.54 Å². The van der Waals surface area contributed by atoms with Crippen molar-refractivity contribution in [3.05, 3.63) is 16.1 Å². The van der Waals surface area contributed by atoms with Gasteiger partial charge in [0.05, 0.1) is 0 Å². The van der Waals surface area contributed by atoms with E-state index in [9.17, 15) is 4.79 Å². The minimum atomic E-state index is -0.109. The van der Waals surface area contributed by atoms with Crippen LogP contribution in [0.4, 0.5) is 0 Å². The summed E-state index contributed by atoms with van der Waals surface area (Å²) in [5.74, 6) is 0.516. The average Bonchev–Trinajstić information content (AvgIpc) is 2.72. The molecule has 4 nitrogen and oxygen atoms in total. The Morgan fingerprint density at radius 1 is 1.53 bits per heavy atom. The Hall–Kier alpha value is -0.650. The largest absolute Gasteiger partial charge is 0.350 e. The Kier molecular flexibility index (Phi) is 7.55. The van der Waals surface area contributed by atoms with Crippen molar-refractivity contribution in [3.8, 4) is 0 Å². The van der Waals surface area contributed by atoms with Gasteiger partial charge in [-0.15, -0.1) is 23.7 Å². The minimum Gasteiger partial charge on any atom is -0.350 e. The molecule has 1 heterocycles. The van der Waals surface area contributed by atoms with Crippen molar-refractivity contribution in [1.82, 2.24) is 10.3 Å². The number of nitrogens with zero attached hydrogens (tertiary/aromatic N) is 1. The first-order valence-electron chi connectivity index (χ1n) is 6.27. The summed E-state index contributed by atoms with van der Waals surface area (Å²) in [6.45, 7) is 9.77. The quantitative estimate of drug-likeness (QED) is 0.849.